The molecule has 1 heterocycles. The summed E-state index contributed by atoms with van der Waals surface area (Å²) in [5, 5.41) is 1.01. The number of nitrogen functional groups attached to an aromatic ring is 1. The van der Waals surface area contributed by atoms with Gasteiger partial charge < -0.3 is 10.5 Å². The van der Waals surface area contributed by atoms with Gasteiger partial charge in [0.2, 0.25) is 0 Å². The van der Waals surface area contributed by atoms with Gasteiger partial charge in [0.25, 0.3) is 0 Å². The van der Waals surface area contributed by atoms with Gasteiger partial charge in [0.1, 0.15) is 0 Å². The molecule has 0 unspecified atom stereocenters. The molecule has 1 aromatic carbocycles. The fourth-order valence-electron chi connectivity index (χ4n) is 2.18. The van der Waals surface area contributed by atoms with Gasteiger partial charge in [-0.15, -0.1) is 0 Å². The van der Waals surface area contributed by atoms with Crippen molar-refractivity contribution in [3.8, 4) is 0 Å². The van der Waals surface area contributed by atoms with E-state index < -0.39 is 0 Å². The Morgan fingerprint density at radius 3 is 2.89 bits per heavy atom. The summed E-state index contributed by atoms with van der Waals surface area (Å²) in [4.78, 5) is 4.41. The van der Waals surface area contributed by atoms with Crippen LogP contribution in [0.4, 0.5) is 5.69 Å². The summed E-state index contributed by atoms with van der Waals surface area (Å²) >= 11 is 0. The number of ether oxygens (including phenoxy) is 1. The van der Waals surface area contributed by atoms with Crippen LogP contribution in [0.3, 0.4) is 0 Å². The number of benzene rings is 1. The molecule has 0 bridgehead atoms. The first-order valence-electron chi connectivity index (χ1n) is 7.02. The fraction of sp³-hybridized carbons (Fsp3) is 0.438. The monoisotopic (exact) mass is 258 g/mol. The van der Waals surface area contributed by atoms with Gasteiger partial charge in [0.15, 0.2) is 0 Å². The van der Waals surface area contributed by atoms with E-state index in [4.69, 9.17) is 10.5 Å². The van der Waals surface area contributed by atoms with Gasteiger partial charge in [-0.2, -0.15) is 0 Å². The third-order valence-electron chi connectivity index (χ3n) is 3.29. The van der Waals surface area contributed by atoms with Crippen LogP contribution in [-0.2, 0) is 11.3 Å². The second-order valence-electron chi connectivity index (χ2n) is 4.83. The van der Waals surface area contributed by atoms with Crippen LogP contribution in [0.15, 0.2) is 30.5 Å². The lowest BCUT2D eigenvalue weighted by Crippen LogP contribution is -1.99. The van der Waals surface area contributed by atoms with Crippen molar-refractivity contribution in [2.45, 2.75) is 39.2 Å². The van der Waals surface area contributed by atoms with Gasteiger partial charge >= 0.3 is 0 Å². The number of rotatable bonds is 7. The fourth-order valence-corrected chi connectivity index (χ4v) is 2.18. The number of nitrogens with zero attached hydrogens (tertiary/aromatic N) is 1. The summed E-state index contributed by atoms with van der Waals surface area (Å²) in [6.45, 7) is 3.64. The van der Waals surface area contributed by atoms with Crippen molar-refractivity contribution in [1.29, 1.82) is 0 Å². The smallest absolute Gasteiger partial charge is 0.0777 e. The predicted octanol–water partition coefficient (Wildman–Crippen LogP) is 3.91. The Morgan fingerprint density at radius 2 is 2.05 bits per heavy atom. The topological polar surface area (TPSA) is 48.1 Å². The molecule has 0 aliphatic heterocycles. The van der Waals surface area contributed by atoms with E-state index in [0.717, 1.165) is 35.2 Å². The lowest BCUT2D eigenvalue weighted by molar-refractivity contribution is 0.117. The summed E-state index contributed by atoms with van der Waals surface area (Å²) in [7, 11) is 0. The van der Waals surface area contributed by atoms with E-state index in [0.29, 0.717) is 6.61 Å². The lowest BCUT2D eigenvalue weighted by Gasteiger charge is -2.08. The van der Waals surface area contributed by atoms with Crippen LogP contribution >= 0.6 is 0 Å². The zero-order chi connectivity index (χ0) is 13.5. The molecule has 0 atom stereocenters. The van der Waals surface area contributed by atoms with Gasteiger partial charge in [-0.25, -0.2) is 0 Å². The Bertz CT molecular complexity index is 525. The molecule has 0 spiro atoms. The highest BCUT2D eigenvalue weighted by Gasteiger charge is 2.04. The molecule has 0 fully saturated rings. The molecule has 0 aliphatic rings. The zero-order valence-electron chi connectivity index (χ0n) is 11.6. The van der Waals surface area contributed by atoms with Crippen molar-refractivity contribution in [3.63, 3.8) is 0 Å². The number of nitrogens with two attached hydrogens (primary N) is 1. The Labute approximate surface area is 114 Å². The van der Waals surface area contributed by atoms with Crippen LogP contribution in [0.5, 0.6) is 0 Å². The Balaban J connectivity index is 1.96. The van der Waals surface area contributed by atoms with Gasteiger partial charge in [-0.3, -0.25) is 4.98 Å². The molecule has 0 saturated heterocycles. The molecule has 0 radical (unpaired) electrons. The quantitative estimate of drug-likeness (QED) is 0.605. The number of hydrogen-bond acceptors (Lipinski definition) is 3. The second kappa shape index (κ2) is 7.10. The maximum Gasteiger partial charge on any atom is 0.0777 e. The zero-order valence-corrected chi connectivity index (χ0v) is 11.6. The summed E-state index contributed by atoms with van der Waals surface area (Å²) < 4.78 is 5.73. The van der Waals surface area contributed by atoms with Crippen LogP contribution in [0.25, 0.3) is 10.9 Å². The van der Waals surface area contributed by atoms with Gasteiger partial charge in [-0.05, 0) is 24.6 Å². The molecule has 102 valence electrons. The van der Waals surface area contributed by atoms with E-state index in [1.807, 2.05) is 24.3 Å². The maximum absolute atomic E-state index is 5.95. The van der Waals surface area contributed by atoms with E-state index >= 15 is 0 Å². The van der Waals surface area contributed by atoms with Crippen molar-refractivity contribution in [2.75, 3.05) is 12.3 Å². The number of pyridine rings is 1. The first-order valence-corrected chi connectivity index (χ1v) is 7.02. The first-order chi connectivity index (χ1) is 9.33. The summed E-state index contributed by atoms with van der Waals surface area (Å²) in [5.41, 5.74) is 8.79. The van der Waals surface area contributed by atoms with E-state index in [1.54, 1.807) is 6.20 Å². The van der Waals surface area contributed by atoms with Crippen LogP contribution < -0.4 is 5.73 Å². The third kappa shape index (κ3) is 3.67. The highest BCUT2D eigenvalue weighted by atomic mass is 16.5. The Morgan fingerprint density at radius 1 is 1.16 bits per heavy atom. The van der Waals surface area contributed by atoms with E-state index in [-0.39, 0.29) is 0 Å². The predicted molar refractivity (Wildman–Crippen MR) is 80.0 cm³/mol. The minimum atomic E-state index is 0.611. The molecule has 0 saturated carbocycles. The average molecular weight is 258 g/mol. The number of anilines is 1. The van der Waals surface area contributed by atoms with Crippen molar-refractivity contribution < 1.29 is 4.74 Å². The second-order valence-corrected chi connectivity index (χ2v) is 4.83. The standard InChI is InChI=1S/C16H22N2O/c1-2-3-4-5-11-19-12-13-8-9-15(17)14-7-6-10-18-16(13)14/h6-10H,2-5,11-12,17H2,1H3. The largest absolute Gasteiger partial charge is 0.398 e. The van der Waals surface area contributed by atoms with E-state index in [9.17, 15) is 0 Å². The molecule has 2 aromatic rings. The van der Waals surface area contributed by atoms with E-state index in [2.05, 4.69) is 11.9 Å². The summed E-state index contributed by atoms with van der Waals surface area (Å²) in [6.07, 6.45) is 6.72. The van der Waals surface area contributed by atoms with E-state index in [1.165, 1.54) is 19.3 Å². The van der Waals surface area contributed by atoms with Crippen molar-refractivity contribution >= 4 is 16.6 Å². The molecular weight excluding hydrogens is 236 g/mol. The molecule has 2 N–H and O–H groups in total. The molecular formula is C16H22N2O. The molecule has 1 aromatic heterocycles. The lowest BCUT2D eigenvalue weighted by atomic mass is 10.1. The summed E-state index contributed by atoms with van der Waals surface area (Å²) in [6, 6.07) is 7.85. The summed E-state index contributed by atoms with van der Waals surface area (Å²) in [5.74, 6) is 0. The van der Waals surface area contributed by atoms with Gasteiger partial charge in [-0.1, -0.05) is 32.3 Å². The minimum Gasteiger partial charge on any atom is -0.398 e. The van der Waals surface area contributed by atoms with Crippen LogP contribution in [-0.4, -0.2) is 11.6 Å². The maximum atomic E-state index is 5.95. The Kier molecular flexibility index (Phi) is 5.16. The number of unbranched alkanes of at least 4 members (excludes halogenated alkanes) is 3. The molecule has 19 heavy (non-hydrogen) atoms. The third-order valence-corrected chi connectivity index (χ3v) is 3.29. The number of fused-ring (bicyclic) bond motifs is 1. The minimum absolute atomic E-state index is 0.611. The molecule has 3 heteroatoms. The highest BCUT2D eigenvalue weighted by molar-refractivity contribution is 5.92. The SMILES string of the molecule is CCCCCCOCc1ccc(N)c2cccnc12. The molecule has 2 rings (SSSR count). The van der Waals surface area contributed by atoms with Crippen molar-refractivity contribution in [2.24, 2.45) is 0 Å². The average Bonchev–Trinajstić information content (AvgIpc) is 2.45. The first kappa shape index (κ1) is 13.8. The normalized spacial score (nSPS) is 11.0. The van der Waals surface area contributed by atoms with Crippen molar-refractivity contribution in [1.82, 2.24) is 4.98 Å². The Hall–Kier alpha value is -1.61. The molecule has 0 aliphatic carbocycles. The number of aromatic nitrogens is 1. The van der Waals surface area contributed by atoms with Crippen LogP contribution in [0.2, 0.25) is 0 Å². The molecule has 0 amide bonds. The highest BCUT2D eigenvalue weighted by Crippen LogP contribution is 2.23. The number of hydrogen-bond donors (Lipinski definition) is 1. The van der Waals surface area contributed by atoms with Crippen LogP contribution in [0.1, 0.15) is 38.2 Å². The molecule has 3 nitrogen and oxygen atoms in total. The van der Waals surface area contributed by atoms with Crippen LogP contribution in [0, 0.1) is 0 Å². The van der Waals surface area contributed by atoms with Gasteiger partial charge in [0.05, 0.1) is 12.1 Å². The van der Waals surface area contributed by atoms with Crippen molar-refractivity contribution in [3.05, 3.63) is 36.0 Å². The van der Waals surface area contributed by atoms with Gasteiger partial charge in [0, 0.05) is 29.4 Å².